The second-order valence-electron chi connectivity index (χ2n) is 4.67. The van der Waals surface area contributed by atoms with Crippen molar-refractivity contribution in [2.75, 3.05) is 19.6 Å². The summed E-state index contributed by atoms with van der Waals surface area (Å²) in [5.41, 5.74) is 0. The van der Waals surface area contributed by atoms with Crippen LogP contribution in [0.4, 0.5) is 0 Å². The summed E-state index contributed by atoms with van der Waals surface area (Å²) in [4.78, 5) is 2.63. The zero-order valence-corrected chi connectivity index (χ0v) is 11.2. The molecule has 0 spiro atoms. The second-order valence-corrected chi connectivity index (χ2v) is 4.67. The Morgan fingerprint density at radius 1 is 0.800 bits per heavy atom. The molecule has 0 atom stereocenters. The molecule has 15 heavy (non-hydrogen) atoms. The monoisotopic (exact) mass is 233 g/mol. The molecule has 0 N–H and O–H groups in total. The van der Waals surface area contributed by atoms with E-state index >= 15 is 0 Å². The van der Waals surface area contributed by atoms with E-state index in [-0.39, 0.29) is 12.4 Å². The van der Waals surface area contributed by atoms with E-state index in [0.29, 0.717) is 0 Å². The van der Waals surface area contributed by atoms with Gasteiger partial charge in [0, 0.05) is 0 Å². The molecule has 0 radical (unpaired) electrons. The van der Waals surface area contributed by atoms with E-state index in [0.717, 1.165) is 0 Å². The quantitative estimate of drug-likeness (QED) is 0.567. The van der Waals surface area contributed by atoms with Crippen molar-refractivity contribution in [2.45, 2.75) is 64.7 Å². The fourth-order valence-electron chi connectivity index (χ4n) is 2.30. The van der Waals surface area contributed by atoms with E-state index in [4.69, 9.17) is 0 Å². The van der Waals surface area contributed by atoms with Gasteiger partial charge in [-0.1, -0.05) is 45.4 Å². The molecule has 0 bridgehead atoms. The molecule has 1 rings (SSSR count). The highest BCUT2D eigenvalue weighted by atomic mass is 35.5. The number of nitrogens with zero attached hydrogens (tertiary/aromatic N) is 1. The molecule has 0 aromatic heterocycles. The predicted molar refractivity (Wildman–Crippen MR) is 70.9 cm³/mol. The fraction of sp³-hybridized carbons (Fsp3) is 1.00. The van der Waals surface area contributed by atoms with Crippen LogP contribution in [-0.2, 0) is 0 Å². The van der Waals surface area contributed by atoms with Crippen molar-refractivity contribution in [1.82, 2.24) is 4.90 Å². The van der Waals surface area contributed by atoms with E-state index in [2.05, 4.69) is 11.8 Å². The molecule has 1 aliphatic heterocycles. The summed E-state index contributed by atoms with van der Waals surface area (Å²) in [6, 6.07) is 0. The van der Waals surface area contributed by atoms with Gasteiger partial charge in [-0.05, 0) is 38.9 Å². The Bertz CT molecular complexity index is 122. The summed E-state index contributed by atoms with van der Waals surface area (Å²) in [7, 11) is 0. The molecular formula is C13H28ClN. The number of likely N-dealkylation sites (tertiary alicyclic amines) is 1. The van der Waals surface area contributed by atoms with Crippen LogP contribution in [0.5, 0.6) is 0 Å². The highest BCUT2D eigenvalue weighted by Crippen LogP contribution is 2.11. The Morgan fingerprint density at radius 2 is 1.33 bits per heavy atom. The van der Waals surface area contributed by atoms with Gasteiger partial charge in [-0.2, -0.15) is 0 Å². The first-order valence-electron chi connectivity index (χ1n) is 6.66. The first-order chi connectivity index (χ1) is 6.93. The first kappa shape index (κ1) is 15.2. The van der Waals surface area contributed by atoms with Gasteiger partial charge in [0.05, 0.1) is 0 Å². The molecule has 0 unspecified atom stereocenters. The zero-order valence-electron chi connectivity index (χ0n) is 10.3. The largest absolute Gasteiger partial charge is 0.303 e. The average molecular weight is 234 g/mol. The molecule has 1 nitrogen and oxygen atoms in total. The van der Waals surface area contributed by atoms with E-state index in [1.54, 1.807) is 0 Å². The van der Waals surface area contributed by atoms with E-state index in [1.165, 1.54) is 77.4 Å². The molecule has 0 amide bonds. The van der Waals surface area contributed by atoms with Crippen molar-refractivity contribution >= 4 is 12.4 Å². The minimum atomic E-state index is 0. The summed E-state index contributed by atoms with van der Waals surface area (Å²) in [5.74, 6) is 0. The zero-order chi connectivity index (χ0) is 10.1. The molecule has 0 aromatic carbocycles. The van der Waals surface area contributed by atoms with Gasteiger partial charge in [-0.3, -0.25) is 0 Å². The van der Waals surface area contributed by atoms with Gasteiger partial charge in [0.1, 0.15) is 0 Å². The standard InChI is InChI=1S/C13H27N.ClH/c1-2-3-4-5-6-7-8-11-14-12-9-10-13-14;/h2-13H2,1H3;1H. The molecule has 1 heterocycles. The smallest absolute Gasteiger partial charge is 0.00183 e. The maximum atomic E-state index is 2.63. The normalized spacial score (nSPS) is 16.6. The number of unbranched alkanes of at least 4 members (excludes halogenated alkanes) is 6. The highest BCUT2D eigenvalue weighted by Gasteiger charge is 2.09. The van der Waals surface area contributed by atoms with E-state index in [1.807, 2.05) is 0 Å². The summed E-state index contributed by atoms with van der Waals surface area (Å²) in [6.45, 7) is 6.40. The molecule has 92 valence electrons. The van der Waals surface area contributed by atoms with Crippen LogP contribution in [0, 0.1) is 0 Å². The molecule has 1 fully saturated rings. The Labute approximate surface area is 102 Å². The van der Waals surface area contributed by atoms with Crippen LogP contribution in [0.1, 0.15) is 64.7 Å². The number of hydrogen-bond donors (Lipinski definition) is 0. The lowest BCUT2D eigenvalue weighted by Crippen LogP contribution is -2.20. The van der Waals surface area contributed by atoms with Gasteiger partial charge in [0.2, 0.25) is 0 Å². The van der Waals surface area contributed by atoms with Gasteiger partial charge in [-0.25, -0.2) is 0 Å². The van der Waals surface area contributed by atoms with Crippen LogP contribution in [0.3, 0.4) is 0 Å². The molecule has 0 aliphatic carbocycles. The summed E-state index contributed by atoms with van der Waals surface area (Å²) in [6.07, 6.45) is 13.0. The lowest BCUT2D eigenvalue weighted by atomic mass is 10.1. The molecule has 1 saturated heterocycles. The van der Waals surface area contributed by atoms with Crippen LogP contribution in [0.2, 0.25) is 0 Å². The van der Waals surface area contributed by atoms with Crippen molar-refractivity contribution in [3.8, 4) is 0 Å². The minimum Gasteiger partial charge on any atom is -0.303 e. The number of rotatable bonds is 8. The van der Waals surface area contributed by atoms with E-state index in [9.17, 15) is 0 Å². The van der Waals surface area contributed by atoms with Gasteiger partial charge < -0.3 is 4.90 Å². The summed E-state index contributed by atoms with van der Waals surface area (Å²) in [5, 5.41) is 0. The van der Waals surface area contributed by atoms with Crippen molar-refractivity contribution in [3.05, 3.63) is 0 Å². The highest BCUT2D eigenvalue weighted by molar-refractivity contribution is 5.85. The van der Waals surface area contributed by atoms with Crippen molar-refractivity contribution in [2.24, 2.45) is 0 Å². The van der Waals surface area contributed by atoms with Gasteiger partial charge in [-0.15, -0.1) is 12.4 Å². The Kier molecular flexibility index (Phi) is 10.9. The average Bonchev–Trinajstić information content (AvgIpc) is 2.69. The number of hydrogen-bond acceptors (Lipinski definition) is 1. The van der Waals surface area contributed by atoms with Crippen molar-refractivity contribution in [1.29, 1.82) is 0 Å². The summed E-state index contributed by atoms with van der Waals surface area (Å²) >= 11 is 0. The number of halogens is 1. The third-order valence-corrected chi connectivity index (χ3v) is 3.28. The van der Waals surface area contributed by atoms with Crippen LogP contribution < -0.4 is 0 Å². The van der Waals surface area contributed by atoms with Gasteiger partial charge >= 0.3 is 0 Å². The van der Waals surface area contributed by atoms with E-state index < -0.39 is 0 Å². The first-order valence-corrected chi connectivity index (χ1v) is 6.66. The Hall–Kier alpha value is 0.250. The molecule has 1 aliphatic rings. The molecule has 2 heteroatoms. The predicted octanol–water partition coefficient (Wildman–Crippen LogP) is 4.25. The van der Waals surface area contributed by atoms with Crippen LogP contribution in [0.25, 0.3) is 0 Å². The lowest BCUT2D eigenvalue weighted by molar-refractivity contribution is 0.327. The Balaban J connectivity index is 0.00000196. The minimum absolute atomic E-state index is 0. The van der Waals surface area contributed by atoms with Gasteiger partial charge in [0.25, 0.3) is 0 Å². The second kappa shape index (κ2) is 10.8. The van der Waals surface area contributed by atoms with Crippen LogP contribution >= 0.6 is 12.4 Å². The molecule has 0 saturated carbocycles. The third-order valence-electron chi connectivity index (χ3n) is 3.28. The maximum absolute atomic E-state index is 2.63. The topological polar surface area (TPSA) is 3.24 Å². The summed E-state index contributed by atoms with van der Waals surface area (Å²) < 4.78 is 0. The third kappa shape index (κ3) is 8.10. The van der Waals surface area contributed by atoms with Crippen LogP contribution in [-0.4, -0.2) is 24.5 Å². The van der Waals surface area contributed by atoms with Crippen molar-refractivity contribution < 1.29 is 0 Å². The fourth-order valence-corrected chi connectivity index (χ4v) is 2.30. The van der Waals surface area contributed by atoms with Gasteiger partial charge in [0.15, 0.2) is 0 Å². The van der Waals surface area contributed by atoms with Crippen molar-refractivity contribution in [3.63, 3.8) is 0 Å². The lowest BCUT2D eigenvalue weighted by Gasteiger charge is -2.13. The molecular weight excluding hydrogens is 206 g/mol. The van der Waals surface area contributed by atoms with Crippen LogP contribution in [0.15, 0.2) is 0 Å². The maximum Gasteiger partial charge on any atom is -0.00183 e. The molecule has 0 aromatic rings. The SMILES string of the molecule is CCCCCCCCCN1CCCC1.Cl. The Morgan fingerprint density at radius 3 is 1.93 bits per heavy atom.